The average molecular weight is 676 g/mol. The molecule has 268 valence electrons. The normalized spacial score (nSPS) is 14.4. The number of amides is 1. The van der Waals surface area contributed by atoms with Gasteiger partial charge in [-0.25, -0.2) is 9.59 Å². The molecule has 48 heavy (non-hydrogen) atoms. The number of rotatable bonds is 26. The largest absolute Gasteiger partial charge is 0.490 e. The number of ketones is 1. The quantitative estimate of drug-likeness (QED) is 0.0578. The lowest BCUT2D eigenvalue weighted by Gasteiger charge is -2.29. The van der Waals surface area contributed by atoms with Gasteiger partial charge in [-0.05, 0) is 63.3 Å². The number of ether oxygens (including phenoxy) is 1. The second kappa shape index (κ2) is 22.5. The summed E-state index contributed by atoms with van der Waals surface area (Å²) in [6.45, 7) is 6.32. The Balaban J connectivity index is 2.85. The molecule has 1 aromatic rings. The average Bonchev–Trinajstić information content (AvgIpc) is 3.01. The van der Waals surface area contributed by atoms with Crippen LogP contribution in [0.1, 0.15) is 103 Å². The van der Waals surface area contributed by atoms with Crippen molar-refractivity contribution in [3.05, 3.63) is 53.6 Å². The van der Waals surface area contributed by atoms with Crippen molar-refractivity contribution in [1.82, 2.24) is 5.32 Å². The van der Waals surface area contributed by atoms with Gasteiger partial charge in [-0.1, -0.05) is 75.3 Å². The maximum atomic E-state index is 13.3. The summed E-state index contributed by atoms with van der Waals surface area (Å²) >= 11 is 0. The zero-order valence-corrected chi connectivity index (χ0v) is 28.4. The van der Waals surface area contributed by atoms with Gasteiger partial charge in [0.15, 0.2) is 11.4 Å². The van der Waals surface area contributed by atoms with Gasteiger partial charge in [0.25, 0.3) is 0 Å². The van der Waals surface area contributed by atoms with Gasteiger partial charge >= 0.3 is 17.9 Å². The summed E-state index contributed by atoms with van der Waals surface area (Å²) in [6, 6.07) is 5.04. The van der Waals surface area contributed by atoms with Gasteiger partial charge < -0.3 is 35.6 Å². The minimum atomic E-state index is -3.04. The number of carboxylic acid groups (broad SMARTS) is 3. The van der Waals surface area contributed by atoms with Gasteiger partial charge in [-0.3, -0.25) is 14.4 Å². The molecule has 6 N–H and O–H groups in total. The molecule has 12 heteroatoms. The van der Waals surface area contributed by atoms with E-state index in [1.807, 2.05) is 19.9 Å². The number of carboxylic acids is 3. The van der Waals surface area contributed by atoms with Crippen LogP contribution >= 0.6 is 0 Å². The molecular weight excluding hydrogens is 622 g/mol. The number of carbonyl (C=O) groups excluding carboxylic acids is 2. The first kappa shape index (κ1) is 42.0. The van der Waals surface area contributed by atoms with Gasteiger partial charge in [0.2, 0.25) is 5.91 Å². The SMILES string of the molecule is CCCCCC[C@@H](O)C(=O)CCCCCCC=C[C@H](C(=O)N[C@@H](Cc1ccc(OCC=C(C)C)cc1)C(=O)O)[C@@](O)(CC(=O)O)C(=O)O. The molecule has 0 aromatic heterocycles. The van der Waals surface area contributed by atoms with E-state index in [4.69, 9.17) is 4.74 Å². The highest BCUT2D eigenvalue weighted by atomic mass is 16.5. The Labute approximate surface area is 282 Å². The van der Waals surface area contributed by atoms with Crippen molar-refractivity contribution in [2.45, 2.75) is 122 Å². The first-order valence-corrected chi connectivity index (χ1v) is 16.6. The molecule has 1 rings (SSSR count). The molecule has 0 heterocycles. The lowest BCUT2D eigenvalue weighted by Crippen LogP contribution is -2.55. The minimum Gasteiger partial charge on any atom is -0.490 e. The van der Waals surface area contributed by atoms with Crippen molar-refractivity contribution >= 4 is 29.6 Å². The molecule has 4 atom stereocenters. The topological polar surface area (TPSA) is 208 Å². The molecule has 0 aliphatic heterocycles. The molecular formula is C36H53NO11. The number of hydrogen-bond acceptors (Lipinski definition) is 8. The molecule has 1 amide bonds. The molecule has 0 unspecified atom stereocenters. The summed E-state index contributed by atoms with van der Waals surface area (Å²) in [6.07, 6.45) is 9.66. The maximum absolute atomic E-state index is 13.3. The molecule has 1 aromatic carbocycles. The Morgan fingerprint density at radius 2 is 1.56 bits per heavy atom. The minimum absolute atomic E-state index is 0.172. The number of aliphatic hydroxyl groups is 2. The molecule has 0 radical (unpaired) electrons. The summed E-state index contributed by atoms with van der Waals surface area (Å²) in [4.78, 5) is 61.0. The second-order valence-electron chi connectivity index (χ2n) is 12.3. The lowest BCUT2D eigenvalue weighted by molar-refractivity contribution is -0.172. The van der Waals surface area contributed by atoms with Crippen molar-refractivity contribution in [3.63, 3.8) is 0 Å². The molecule has 0 fully saturated rings. The fourth-order valence-electron chi connectivity index (χ4n) is 4.98. The molecule has 0 saturated carbocycles. The fourth-order valence-corrected chi connectivity index (χ4v) is 4.98. The van der Waals surface area contributed by atoms with Gasteiger partial charge in [0.1, 0.15) is 24.5 Å². The van der Waals surface area contributed by atoms with E-state index in [2.05, 4.69) is 12.2 Å². The van der Waals surface area contributed by atoms with Crippen molar-refractivity contribution in [1.29, 1.82) is 0 Å². The van der Waals surface area contributed by atoms with Gasteiger partial charge in [0, 0.05) is 12.8 Å². The Bertz CT molecular complexity index is 1240. The van der Waals surface area contributed by atoms with Crippen LogP contribution in [0.25, 0.3) is 0 Å². The van der Waals surface area contributed by atoms with Crippen molar-refractivity contribution in [2.75, 3.05) is 6.61 Å². The van der Waals surface area contributed by atoms with Crippen molar-refractivity contribution in [3.8, 4) is 5.75 Å². The van der Waals surface area contributed by atoms with Gasteiger partial charge in [-0.2, -0.15) is 0 Å². The third-order valence-corrected chi connectivity index (χ3v) is 7.88. The predicted octanol–water partition coefficient (Wildman–Crippen LogP) is 4.85. The van der Waals surface area contributed by atoms with E-state index in [1.54, 1.807) is 24.3 Å². The Hall–Kier alpha value is -4.03. The van der Waals surface area contributed by atoms with Crippen molar-refractivity contribution in [2.24, 2.45) is 5.92 Å². The van der Waals surface area contributed by atoms with Gasteiger partial charge in [0.05, 0.1) is 12.3 Å². The van der Waals surface area contributed by atoms with Crippen LogP contribution in [0, 0.1) is 5.92 Å². The zero-order valence-electron chi connectivity index (χ0n) is 28.4. The van der Waals surface area contributed by atoms with E-state index in [9.17, 15) is 49.5 Å². The van der Waals surface area contributed by atoms with Crippen LogP contribution < -0.4 is 10.1 Å². The number of unbranched alkanes of at least 4 members (excludes halogenated alkanes) is 7. The second-order valence-corrected chi connectivity index (χ2v) is 12.3. The Morgan fingerprint density at radius 1 is 0.917 bits per heavy atom. The monoisotopic (exact) mass is 675 g/mol. The number of benzene rings is 1. The van der Waals surface area contributed by atoms with Crippen molar-refractivity contribution < 1.29 is 54.2 Å². The number of Topliss-reactive ketones (excluding diaryl/α,β-unsaturated/α-hetero) is 1. The lowest BCUT2D eigenvalue weighted by atomic mass is 9.82. The van der Waals surface area contributed by atoms with Crippen LogP contribution in [0.3, 0.4) is 0 Å². The Morgan fingerprint density at radius 3 is 2.15 bits per heavy atom. The number of aliphatic carboxylic acids is 3. The molecule has 0 bridgehead atoms. The van der Waals surface area contributed by atoms with Gasteiger partial charge in [-0.15, -0.1) is 0 Å². The summed E-state index contributed by atoms with van der Waals surface area (Å²) in [5.41, 5.74) is -1.42. The van der Waals surface area contributed by atoms with Crippen LogP contribution in [0.4, 0.5) is 0 Å². The van der Waals surface area contributed by atoms with E-state index in [0.717, 1.165) is 37.3 Å². The van der Waals surface area contributed by atoms with Crippen LogP contribution in [0.15, 0.2) is 48.1 Å². The first-order valence-electron chi connectivity index (χ1n) is 16.6. The zero-order chi connectivity index (χ0) is 36.1. The summed E-state index contributed by atoms with van der Waals surface area (Å²) in [7, 11) is 0. The van der Waals surface area contributed by atoms with Crippen LogP contribution in [0.5, 0.6) is 5.75 Å². The third kappa shape index (κ3) is 16.2. The van der Waals surface area contributed by atoms with E-state index in [1.165, 1.54) is 6.08 Å². The van der Waals surface area contributed by atoms with E-state index in [-0.39, 0.29) is 18.6 Å². The Kier molecular flexibility index (Phi) is 19.7. The van der Waals surface area contributed by atoms with Crippen LogP contribution in [0.2, 0.25) is 0 Å². The molecule has 0 saturated heterocycles. The number of allylic oxidation sites excluding steroid dienone is 2. The highest BCUT2D eigenvalue weighted by Crippen LogP contribution is 2.26. The summed E-state index contributed by atoms with van der Waals surface area (Å²) in [5.74, 6) is -7.69. The third-order valence-electron chi connectivity index (χ3n) is 7.88. The highest BCUT2D eigenvalue weighted by Gasteiger charge is 2.49. The predicted molar refractivity (Wildman–Crippen MR) is 180 cm³/mol. The highest BCUT2D eigenvalue weighted by molar-refractivity contribution is 5.94. The summed E-state index contributed by atoms with van der Waals surface area (Å²) in [5, 5.41) is 52.1. The van der Waals surface area contributed by atoms with E-state index < -0.39 is 53.9 Å². The van der Waals surface area contributed by atoms with E-state index in [0.29, 0.717) is 56.4 Å². The van der Waals surface area contributed by atoms with Crippen LogP contribution in [-0.4, -0.2) is 79.5 Å². The van der Waals surface area contributed by atoms with Crippen LogP contribution in [-0.2, 0) is 30.4 Å². The number of nitrogens with one attached hydrogen (secondary N) is 1. The molecule has 0 aliphatic rings. The number of hydrogen-bond donors (Lipinski definition) is 6. The first-order chi connectivity index (χ1) is 22.7. The number of aliphatic hydroxyl groups excluding tert-OH is 1. The maximum Gasteiger partial charge on any atom is 0.337 e. The smallest absolute Gasteiger partial charge is 0.337 e. The molecule has 0 spiro atoms. The standard InChI is InChI=1S/C36H53NO11/c1-4-5-6-12-15-30(38)31(39)16-13-10-8-7-9-11-14-28(36(47,35(45)46)24-32(40)41)33(42)37-29(34(43)44)23-26-17-19-27(20-18-26)48-22-21-25(2)3/h11,14,17-21,28-30,38,47H,4-10,12-13,15-16,22-24H2,1-3H3,(H,37,42)(H,40,41)(H,43,44)(H,45,46)/t28-,29+,30-,36+/m1/s1. The summed E-state index contributed by atoms with van der Waals surface area (Å²) < 4.78 is 5.60. The fraction of sp³-hybridized carbons (Fsp3) is 0.583. The van der Waals surface area contributed by atoms with E-state index >= 15 is 0 Å². The molecule has 12 nitrogen and oxygen atoms in total. The number of carbonyl (C=O) groups is 5. The molecule has 0 aliphatic carbocycles.